The Morgan fingerprint density at radius 1 is 1.07 bits per heavy atom. The van der Waals surface area contributed by atoms with E-state index in [1.165, 1.54) is 47.7 Å². The summed E-state index contributed by atoms with van der Waals surface area (Å²) in [6.07, 6.45) is 5.22. The molecule has 0 aromatic heterocycles. The summed E-state index contributed by atoms with van der Waals surface area (Å²) in [4.78, 5) is 15.2. The quantitative estimate of drug-likeness (QED) is 0.764. The van der Waals surface area contributed by atoms with Crippen LogP contribution in [0.2, 0.25) is 0 Å². The van der Waals surface area contributed by atoms with Gasteiger partial charge in [-0.25, -0.2) is 0 Å². The maximum Gasteiger partial charge on any atom is 0.281 e. The summed E-state index contributed by atoms with van der Waals surface area (Å²) >= 11 is 0. The highest BCUT2D eigenvalue weighted by atomic mass is 32.2. The Balaban J connectivity index is 1.58. The summed E-state index contributed by atoms with van der Waals surface area (Å²) in [6.45, 7) is 4.91. The zero-order valence-electron chi connectivity index (χ0n) is 17.8. The summed E-state index contributed by atoms with van der Waals surface area (Å²) in [5, 5.41) is 3.08. The lowest BCUT2D eigenvalue weighted by atomic mass is 9.97. The van der Waals surface area contributed by atoms with Gasteiger partial charge in [-0.15, -0.1) is 0 Å². The van der Waals surface area contributed by atoms with Gasteiger partial charge in [-0.1, -0.05) is 12.1 Å². The zero-order valence-corrected chi connectivity index (χ0v) is 18.6. The lowest BCUT2D eigenvalue weighted by Crippen LogP contribution is -2.49. The molecule has 2 aliphatic rings. The molecule has 0 saturated carbocycles. The normalized spacial score (nSPS) is 22.5. The van der Waals surface area contributed by atoms with Crippen LogP contribution in [0.5, 0.6) is 0 Å². The van der Waals surface area contributed by atoms with Gasteiger partial charge in [0.05, 0.1) is 12.0 Å². The van der Waals surface area contributed by atoms with Gasteiger partial charge in [0.25, 0.3) is 10.2 Å². The van der Waals surface area contributed by atoms with E-state index < -0.39 is 10.2 Å². The average molecular weight is 423 g/mol. The van der Waals surface area contributed by atoms with Gasteiger partial charge >= 0.3 is 0 Å². The second kappa shape index (κ2) is 9.45. The Hall–Kier alpha value is -1.64. The third-order valence-corrected chi connectivity index (χ3v) is 7.92. The number of carbonyl (C=O) groups excluding carboxylic acids is 1. The molecule has 0 bridgehead atoms. The van der Waals surface area contributed by atoms with Gasteiger partial charge in [0.15, 0.2) is 0 Å². The molecule has 0 spiro atoms. The molecule has 2 aliphatic heterocycles. The maximum absolute atomic E-state index is 12.8. The number of carbonyl (C=O) groups is 1. The third kappa shape index (κ3) is 5.29. The molecule has 2 heterocycles. The van der Waals surface area contributed by atoms with E-state index in [0.29, 0.717) is 19.4 Å². The lowest BCUT2D eigenvalue weighted by Gasteiger charge is -2.33. The Morgan fingerprint density at radius 3 is 2.34 bits per heavy atom. The summed E-state index contributed by atoms with van der Waals surface area (Å²) in [7, 11) is -0.436. The molecule has 0 radical (unpaired) electrons. The van der Waals surface area contributed by atoms with Crippen LogP contribution >= 0.6 is 0 Å². The van der Waals surface area contributed by atoms with E-state index in [-0.39, 0.29) is 24.4 Å². The first kappa shape index (κ1) is 22.1. The first-order valence-electron chi connectivity index (χ1n) is 10.6. The predicted octanol–water partition coefficient (Wildman–Crippen LogP) is 2.37. The smallest absolute Gasteiger partial charge is 0.281 e. The highest BCUT2D eigenvalue weighted by Gasteiger charge is 2.33. The monoisotopic (exact) mass is 422 g/mol. The van der Waals surface area contributed by atoms with Crippen molar-refractivity contribution >= 4 is 21.8 Å². The molecule has 1 aromatic rings. The molecule has 3 rings (SSSR count). The molecule has 1 N–H and O–H groups in total. The Morgan fingerprint density at radius 2 is 1.72 bits per heavy atom. The number of hydrogen-bond acceptors (Lipinski definition) is 4. The van der Waals surface area contributed by atoms with E-state index in [4.69, 9.17) is 0 Å². The van der Waals surface area contributed by atoms with Crippen LogP contribution in [0.4, 0.5) is 5.69 Å². The van der Waals surface area contributed by atoms with E-state index in [2.05, 4.69) is 34.5 Å². The van der Waals surface area contributed by atoms with Crippen molar-refractivity contribution in [3.63, 3.8) is 0 Å². The van der Waals surface area contributed by atoms with E-state index >= 15 is 0 Å². The summed E-state index contributed by atoms with van der Waals surface area (Å²) in [6, 6.07) is 8.32. The molecule has 29 heavy (non-hydrogen) atoms. The van der Waals surface area contributed by atoms with Crippen molar-refractivity contribution in [1.82, 2.24) is 13.9 Å². The van der Waals surface area contributed by atoms with E-state index in [1.807, 2.05) is 6.92 Å². The van der Waals surface area contributed by atoms with Crippen molar-refractivity contribution in [1.29, 1.82) is 0 Å². The molecule has 0 aliphatic carbocycles. The fourth-order valence-electron chi connectivity index (χ4n) is 4.14. The van der Waals surface area contributed by atoms with Gasteiger partial charge in [0.2, 0.25) is 5.91 Å². The Labute approximate surface area is 175 Å². The molecule has 8 heteroatoms. The molecule has 7 nitrogen and oxygen atoms in total. The van der Waals surface area contributed by atoms with Crippen LogP contribution in [0.3, 0.4) is 0 Å². The molecule has 162 valence electrons. The molecular formula is C21H34N4O3S. The minimum Gasteiger partial charge on any atom is -0.372 e. The minimum atomic E-state index is -3.48. The predicted molar refractivity (Wildman–Crippen MR) is 116 cm³/mol. The molecule has 0 unspecified atom stereocenters. The van der Waals surface area contributed by atoms with Crippen molar-refractivity contribution < 1.29 is 13.2 Å². The van der Waals surface area contributed by atoms with Crippen LogP contribution in [0.1, 0.15) is 50.6 Å². The van der Waals surface area contributed by atoms with Crippen LogP contribution in [-0.2, 0) is 15.0 Å². The molecular weight excluding hydrogens is 388 g/mol. The van der Waals surface area contributed by atoms with Gasteiger partial charge < -0.3 is 10.2 Å². The largest absolute Gasteiger partial charge is 0.372 e. The van der Waals surface area contributed by atoms with Gasteiger partial charge in [-0.05, 0) is 56.7 Å². The number of hydrogen-bond donors (Lipinski definition) is 1. The number of nitrogens with one attached hydrogen (secondary N) is 1. The molecule has 1 amide bonds. The molecule has 2 saturated heterocycles. The number of rotatable bonds is 6. The zero-order chi connectivity index (χ0) is 21.0. The van der Waals surface area contributed by atoms with Crippen LogP contribution in [0, 0.1) is 5.92 Å². The summed E-state index contributed by atoms with van der Waals surface area (Å²) < 4.78 is 27.4. The van der Waals surface area contributed by atoms with E-state index in [0.717, 1.165) is 18.7 Å². The van der Waals surface area contributed by atoms with Crippen molar-refractivity contribution in [3.05, 3.63) is 29.8 Å². The van der Waals surface area contributed by atoms with Gasteiger partial charge in [-0.3, -0.25) is 4.79 Å². The Bertz CT molecular complexity index is 789. The van der Waals surface area contributed by atoms with Crippen LogP contribution in [0.15, 0.2) is 24.3 Å². The number of amides is 1. The van der Waals surface area contributed by atoms with Crippen molar-refractivity contribution in [2.45, 2.75) is 45.1 Å². The molecule has 2 fully saturated rings. The number of piperidine rings is 2. The van der Waals surface area contributed by atoms with E-state index in [1.54, 1.807) is 0 Å². The fraction of sp³-hybridized carbons (Fsp3) is 0.667. The molecule has 1 aromatic carbocycles. The number of anilines is 1. The van der Waals surface area contributed by atoms with Crippen molar-refractivity contribution in [3.8, 4) is 0 Å². The van der Waals surface area contributed by atoms with Crippen LogP contribution in [0.25, 0.3) is 0 Å². The highest BCUT2D eigenvalue weighted by molar-refractivity contribution is 7.86. The number of nitrogens with zero attached hydrogens (tertiary/aromatic N) is 3. The molecule has 2 atom stereocenters. The summed E-state index contributed by atoms with van der Waals surface area (Å²) in [5.74, 6) is -0.384. The van der Waals surface area contributed by atoms with Crippen LogP contribution in [-0.4, -0.2) is 63.2 Å². The fourth-order valence-corrected chi connectivity index (χ4v) is 5.33. The van der Waals surface area contributed by atoms with Gasteiger partial charge in [-0.2, -0.15) is 17.0 Å². The second-order valence-electron chi connectivity index (χ2n) is 8.36. The average Bonchev–Trinajstić information content (AvgIpc) is 2.74. The topological polar surface area (TPSA) is 73.0 Å². The highest BCUT2D eigenvalue weighted by Crippen LogP contribution is 2.24. The van der Waals surface area contributed by atoms with Crippen molar-refractivity contribution in [2.24, 2.45) is 5.92 Å². The Kier molecular flexibility index (Phi) is 7.19. The summed E-state index contributed by atoms with van der Waals surface area (Å²) in [5.41, 5.74) is 2.30. The lowest BCUT2D eigenvalue weighted by molar-refractivity contribution is -0.126. The third-order valence-electron chi connectivity index (χ3n) is 6.02. The van der Waals surface area contributed by atoms with Gasteiger partial charge in [0, 0.05) is 46.0 Å². The van der Waals surface area contributed by atoms with E-state index in [9.17, 15) is 13.2 Å². The second-order valence-corrected chi connectivity index (χ2v) is 10.5. The standard InChI is InChI=1S/C21H34N4O3S/c1-17(18-9-11-20(12-10-18)24-13-5-4-6-14-24)22-21(26)19-8-7-15-25(16-19)29(27,28)23(2)3/h9-12,17,19H,4-8,13-16H2,1-3H3,(H,22,26)/t17-,19+/m1/s1. The minimum absolute atomic E-state index is 0.0729. The van der Waals surface area contributed by atoms with Crippen LogP contribution < -0.4 is 10.2 Å². The van der Waals surface area contributed by atoms with Crippen molar-refractivity contribution in [2.75, 3.05) is 45.2 Å². The number of benzene rings is 1. The maximum atomic E-state index is 12.8. The first-order valence-corrected chi connectivity index (χ1v) is 12.0. The first-order chi connectivity index (χ1) is 13.8. The van der Waals surface area contributed by atoms with Gasteiger partial charge in [0.1, 0.15) is 0 Å². The SMILES string of the molecule is C[C@@H](NC(=O)[C@H]1CCCN(S(=O)(=O)N(C)C)C1)c1ccc(N2CCCCC2)cc1.